The smallest absolute Gasteiger partial charge is 0.266 e. The Balaban J connectivity index is 2.66. The SMILES string of the molecule is O=C1CC(C(Cl)CS(=O)(=O)O)C(=O)N1. The number of hydrogen-bond acceptors (Lipinski definition) is 4. The molecule has 0 radical (unpaired) electrons. The van der Waals surface area contributed by atoms with Crippen molar-refractivity contribution in [2.24, 2.45) is 5.92 Å². The molecule has 2 atom stereocenters. The lowest BCUT2D eigenvalue weighted by molar-refractivity contribution is -0.125. The van der Waals surface area contributed by atoms with Crippen LogP contribution in [-0.4, -0.2) is 35.9 Å². The largest absolute Gasteiger partial charge is 0.296 e. The van der Waals surface area contributed by atoms with E-state index < -0.39 is 39.0 Å². The van der Waals surface area contributed by atoms with Gasteiger partial charge in [0.2, 0.25) is 11.8 Å². The lowest BCUT2D eigenvalue weighted by atomic mass is 10.1. The van der Waals surface area contributed by atoms with Gasteiger partial charge in [0.25, 0.3) is 10.1 Å². The zero-order valence-corrected chi connectivity index (χ0v) is 8.51. The average Bonchev–Trinajstić information content (AvgIpc) is 2.26. The normalized spacial score (nSPS) is 24.9. The van der Waals surface area contributed by atoms with Crippen molar-refractivity contribution >= 4 is 33.5 Å². The van der Waals surface area contributed by atoms with E-state index in [0.717, 1.165) is 0 Å². The first-order chi connectivity index (χ1) is 6.29. The van der Waals surface area contributed by atoms with Crippen molar-refractivity contribution in [1.82, 2.24) is 5.32 Å². The van der Waals surface area contributed by atoms with E-state index in [-0.39, 0.29) is 6.42 Å². The van der Waals surface area contributed by atoms with Gasteiger partial charge in [0.1, 0.15) is 0 Å². The number of carbonyl (C=O) groups is 2. The summed E-state index contributed by atoms with van der Waals surface area (Å²) in [7, 11) is -4.22. The minimum atomic E-state index is -4.22. The van der Waals surface area contributed by atoms with Gasteiger partial charge in [0.15, 0.2) is 0 Å². The quantitative estimate of drug-likeness (QED) is 0.381. The predicted octanol–water partition coefficient (Wildman–Crippen LogP) is -0.856. The highest BCUT2D eigenvalue weighted by atomic mass is 35.5. The Kier molecular flexibility index (Phi) is 3.13. The highest BCUT2D eigenvalue weighted by Crippen LogP contribution is 2.21. The lowest BCUT2D eigenvalue weighted by Crippen LogP contribution is -2.30. The topological polar surface area (TPSA) is 101 Å². The van der Waals surface area contributed by atoms with Gasteiger partial charge >= 0.3 is 0 Å². The fourth-order valence-electron chi connectivity index (χ4n) is 1.18. The van der Waals surface area contributed by atoms with Crippen molar-refractivity contribution in [3.8, 4) is 0 Å². The van der Waals surface area contributed by atoms with Crippen LogP contribution in [0.2, 0.25) is 0 Å². The summed E-state index contributed by atoms with van der Waals surface area (Å²) in [5.41, 5.74) is 0. The van der Waals surface area contributed by atoms with E-state index in [4.69, 9.17) is 16.2 Å². The van der Waals surface area contributed by atoms with Crippen molar-refractivity contribution in [2.75, 3.05) is 5.75 Å². The first-order valence-corrected chi connectivity index (χ1v) is 5.77. The molecule has 2 unspecified atom stereocenters. The molecule has 0 aromatic heterocycles. The Hall–Kier alpha value is -0.660. The zero-order chi connectivity index (χ0) is 10.9. The van der Waals surface area contributed by atoms with Crippen LogP contribution in [0.1, 0.15) is 6.42 Å². The molecule has 8 heteroatoms. The van der Waals surface area contributed by atoms with E-state index in [1.54, 1.807) is 0 Å². The zero-order valence-electron chi connectivity index (χ0n) is 6.94. The summed E-state index contributed by atoms with van der Waals surface area (Å²) < 4.78 is 29.4. The summed E-state index contributed by atoms with van der Waals surface area (Å²) in [6.45, 7) is 0. The number of halogens is 1. The number of imide groups is 1. The molecule has 1 fully saturated rings. The van der Waals surface area contributed by atoms with Crippen molar-refractivity contribution in [3.63, 3.8) is 0 Å². The van der Waals surface area contributed by atoms with Crippen LogP contribution in [0.25, 0.3) is 0 Å². The van der Waals surface area contributed by atoms with Crippen LogP contribution in [0, 0.1) is 5.92 Å². The van der Waals surface area contributed by atoms with E-state index in [1.165, 1.54) is 0 Å². The highest BCUT2D eigenvalue weighted by Gasteiger charge is 2.37. The minimum Gasteiger partial charge on any atom is -0.296 e. The predicted molar refractivity (Wildman–Crippen MR) is 47.3 cm³/mol. The van der Waals surface area contributed by atoms with Crippen molar-refractivity contribution < 1.29 is 22.6 Å². The van der Waals surface area contributed by atoms with E-state index in [2.05, 4.69) is 0 Å². The summed E-state index contributed by atoms with van der Waals surface area (Å²) in [6.07, 6.45) is -0.136. The third-order valence-corrected chi connectivity index (χ3v) is 3.23. The lowest BCUT2D eigenvalue weighted by Gasteiger charge is -2.11. The molecule has 14 heavy (non-hydrogen) atoms. The third kappa shape index (κ3) is 2.93. The molecule has 6 nitrogen and oxygen atoms in total. The first-order valence-electron chi connectivity index (χ1n) is 3.72. The summed E-state index contributed by atoms with van der Waals surface area (Å²) >= 11 is 5.58. The molecule has 1 aliphatic rings. The molecule has 1 saturated heterocycles. The summed E-state index contributed by atoms with van der Waals surface area (Å²) in [5.74, 6) is -2.70. The fraction of sp³-hybridized carbons (Fsp3) is 0.667. The van der Waals surface area contributed by atoms with Gasteiger partial charge in [0.05, 0.1) is 17.0 Å². The molecule has 0 aliphatic carbocycles. The van der Waals surface area contributed by atoms with E-state index >= 15 is 0 Å². The molecule has 80 valence electrons. The van der Waals surface area contributed by atoms with Crippen LogP contribution in [-0.2, 0) is 19.7 Å². The molecular weight excluding hydrogens is 234 g/mol. The number of amides is 2. The molecule has 0 aromatic carbocycles. The Morgan fingerprint density at radius 2 is 2.14 bits per heavy atom. The standard InChI is InChI=1S/C6H8ClNO5S/c7-4(2-14(11,12)13)3-1-5(9)8-6(3)10/h3-4H,1-2H2,(H,8,9,10)(H,11,12,13). The van der Waals surface area contributed by atoms with Gasteiger partial charge in [-0.15, -0.1) is 11.6 Å². The molecule has 1 heterocycles. The number of carbonyl (C=O) groups excluding carboxylic acids is 2. The maximum absolute atomic E-state index is 11.0. The van der Waals surface area contributed by atoms with Gasteiger partial charge in [-0.1, -0.05) is 0 Å². The van der Waals surface area contributed by atoms with Gasteiger partial charge < -0.3 is 0 Å². The van der Waals surface area contributed by atoms with Crippen LogP contribution in [0.5, 0.6) is 0 Å². The molecule has 2 N–H and O–H groups in total. The molecular formula is C6H8ClNO5S. The highest BCUT2D eigenvalue weighted by molar-refractivity contribution is 7.85. The van der Waals surface area contributed by atoms with Gasteiger partial charge in [-0.2, -0.15) is 8.42 Å². The summed E-state index contributed by atoms with van der Waals surface area (Å²) in [5, 5.41) is 0.908. The molecule has 0 spiro atoms. The Labute approximate surface area is 85.4 Å². The Morgan fingerprint density at radius 1 is 1.57 bits per heavy atom. The van der Waals surface area contributed by atoms with E-state index in [1.807, 2.05) is 5.32 Å². The molecule has 2 amide bonds. The second-order valence-electron chi connectivity index (χ2n) is 2.99. The molecule has 0 bridgehead atoms. The Morgan fingerprint density at radius 3 is 2.50 bits per heavy atom. The van der Waals surface area contributed by atoms with Gasteiger partial charge in [0, 0.05) is 6.42 Å². The van der Waals surface area contributed by atoms with Gasteiger partial charge in [-0.25, -0.2) is 0 Å². The fourth-order valence-corrected chi connectivity index (χ4v) is 2.50. The summed E-state index contributed by atoms with van der Waals surface area (Å²) in [4.78, 5) is 21.8. The van der Waals surface area contributed by atoms with Crippen molar-refractivity contribution in [1.29, 1.82) is 0 Å². The second-order valence-corrected chi connectivity index (χ2v) is 5.05. The summed E-state index contributed by atoms with van der Waals surface area (Å²) in [6, 6.07) is 0. The maximum Gasteiger partial charge on any atom is 0.266 e. The van der Waals surface area contributed by atoms with Crippen molar-refractivity contribution in [3.05, 3.63) is 0 Å². The van der Waals surface area contributed by atoms with E-state index in [0.29, 0.717) is 0 Å². The molecule has 1 aliphatic heterocycles. The van der Waals surface area contributed by atoms with Gasteiger partial charge in [-0.3, -0.25) is 19.5 Å². The molecule has 1 rings (SSSR count). The second kappa shape index (κ2) is 3.84. The minimum absolute atomic E-state index is 0.136. The van der Waals surface area contributed by atoms with Crippen LogP contribution >= 0.6 is 11.6 Å². The average molecular weight is 242 g/mol. The number of hydrogen-bond donors (Lipinski definition) is 2. The molecule has 0 aromatic rings. The van der Waals surface area contributed by atoms with Crippen LogP contribution in [0.15, 0.2) is 0 Å². The molecule has 0 saturated carbocycles. The van der Waals surface area contributed by atoms with Crippen LogP contribution in [0.3, 0.4) is 0 Å². The van der Waals surface area contributed by atoms with Crippen LogP contribution < -0.4 is 5.32 Å². The van der Waals surface area contributed by atoms with Crippen molar-refractivity contribution in [2.45, 2.75) is 11.8 Å². The maximum atomic E-state index is 11.0. The first kappa shape index (κ1) is 11.4. The number of alkyl halides is 1. The third-order valence-electron chi connectivity index (χ3n) is 1.81. The number of rotatable bonds is 3. The van der Waals surface area contributed by atoms with E-state index in [9.17, 15) is 18.0 Å². The Bertz CT molecular complexity index is 364. The van der Waals surface area contributed by atoms with Gasteiger partial charge in [-0.05, 0) is 0 Å². The number of nitrogens with one attached hydrogen (secondary N) is 1. The van der Waals surface area contributed by atoms with Crippen LogP contribution in [0.4, 0.5) is 0 Å². The monoisotopic (exact) mass is 241 g/mol.